The molecule has 4 nitrogen and oxygen atoms in total. The molecule has 2 fully saturated rings. The highest BCUT2D eigenvalue weighted by Crippen LogP contribution is 2.44. The van der Waals surface area contributed by atoms with Gasteiger partial charge in [0, 0.05) is 25.7 Å². The molecule has 1 saturated heterocycles. The van der Waals surface area contributed by atoms with E-state index in [2.05, 4.69) is 33.2 Å². The first kappa shape index (κ1) is 14.6. The monoisotopic (exact) mass is 288 g/mol. The van der Waals surface area contributed by atoms with Crippen LogP contribution in [0.25, 0.3) is 0 Å². The van der Waals surface area contributed by atoms with Crippen LogP contribution in [-0.4, -0.2) is 29.6 Å². The average Bonchev–Trinajstić information content (AvgIpc) is 2.55. The Kier molecular flexibility index (Phi) is 4.61. The van der Waals surface area contributed by atoms with Crippen LogP contribution in [-0.2, 0) is 0 Å². The van der Waals surface area contributed by atoms with Crippen LogP contribution in [0.4, 0.5) is 11.6 Å². The Morgan fingerprint density at radius 2 is 1.86 bits per heavy atom. The summed E-state index contributed by atoms with van der Waals surface area (Å²) in [6.07, 6.45) is 12.7. The van der Waals surface area contributed by atoms with E-state index in [-0.39, 0.29) is 0 Å². The van der Waals surface area contributed by atoms with Gasteiger partial charge in [-0.1, -0.05) is 26.2 Å². The summed E-state index contributed by atoms with van der Waals surface area (Å²) in [4.78, 5) is 11.2. The quantitative estimate of drug-likeness (QED) is 0.913. The highest BCUT2D eigenvalue weighted by molar-refractivity contribution is 5.48. The molecule has 21 heavy (non-hydrogen) atoms. The molecule has 3 rings (SSSR count). The van der Waals surface area contributed by atoms with Gasteiger partial charge in [0.25, 0.3) is 0 Å². The molecule has 0 unspecified atom stereocenters. The van der Waals surface area contributed by atoms with Gasteiger partial charge in [0.05, 0.1) is 0 Å². The van der Waals surface area contributed by atoms with E-state index in [1.807, 2.05) is 0 Å². The predicted octanol–water partition coefficient (Wildman–Crippen LogP) is 3.85. The minimum absolute atomic E-state index is 0.658. The Morgan fingerprint density at radius 1 is 1.10 bits per heavy atom. The zero-order valence-corrected chi connectivity index (χ0v) is 13.3. The molecule has 0 amide bonds. The van der Waals surface area contributed by atoms with E-state index >= 15 is 0 Å². The van der Waals surface area contributed by atoms with Crippen molar-refractivity contribution < 1.29 is 0 Å². The first-order valence-electron chi connectivity index (χ1n) is 8.62. The van der Waals surface area contributed by atoms with Crippen molar-refractivity contribution in [2.75, 3.05) is 29.9 Å². The summed E-state index contributed by atoms with van der Waals surface area (Å²) in [5.41, 5.74) is 0.658. The summed E-state index contributed by atoms with van der Waals surface area (Å²) in [5.74, 6) is 2.05. The Hall–Kier alpha value is -1.32. The normalized spacial score (nSPS) is 21.5. The molecule has 4 heteroatoms. The second-order valence-corrected chi connectivity index (χ2v) is 6.74. The van der Waals surface area contributed by atoms with E-state index in [0.29, 0.717) is 5.41 Å². The summed E-state index contributed by atoms with van der Waals surface area (Å²) >= 11 is 0. The van der Waals surface area contributed by atoms with Crippen LogP contribution >= 0.6 is 0 Å². The Labute approximate surface area is 128 Å². The van der Waals surface area contributed by atoms with E-state index in [1.165, 1.54) is 44.9 Å². The van der Waals surface area contributed by atoms with E-state index in [9.17, 15) is 0 Å². The van der Waals surface area contributed by atoms with Crippen LogP contribution in [0.1, 0.15) is 58.3 Å². The minimum Gasteiger partial charge on any atom is -0.370 e. The molecule has 116 valence electrons. The molecule has 2 aliphatic rings. The summed E-state index contributed by atoms with van der Waals surface area (Å²) in [5, 5.41) is 3.35. The molecule has 2 heterocycles. The van der Waals surface area contributed by atoms with Gasteiger partial charge in [0.2, 0.25) is 0 Å². The lowest BCUT2D eigenvalue weighted by molar-refractivity contribution is 0.144. The van der Waals surface area contributed by atoms with Crippen LogP contribution in [0.3, 0.4) is 0 Å². The molecule has 0 aromatic carbocycles. The maximum atomic E-state index is 4.48. The van der Waals surface area contributed by atoms with E-state index < -0.39 is 0 Å². The standard InChI is InChI=1S/C17H28N4/c1-2-10-18-15-13-16(20-14-19-15)21-11-8-17(9-12-21)6-4-3-5-7-17/h13-14H,2-12H2,1H3,(H,18,19,20). The first-order chi connectivity index (χ1) is 10.3. The van der Waals surface area contributed by atoms with Gasteiger partial charge >= 0.3 is 0 Å². The van der Waals surface area contributed by atoms with Crippen molar-refractivity contribution in [2.45, 2.75) is 58.3 Å². The van der Waals surface area contributed by atoms with Crippen molar-refractivity contribution in [3.05, 3.63) is 12.4 Å². The predicted molar refractivity (Wildman–Crippen MR) is 87.8 cm³/mol. The summed E-state index contributed by atoms with van der Waals surface area (Å²) in [7, 11) is 0. The van der Waals surface area contributed by atoms with Crippen molar-refractivity contribution in [1.29, 1.82) is 0 Å². The van der Waals surface area contributed by atoms with Gasteiger partial charge in [-0.15, -0.1) is 0 Å². The fourth-order valence-corrected chi connectivity index (χ4v) is 3.88. The third kappa shape index (κ3) is 3.47. The number of hydrogen-bond acceptors (Lipinski definition) is 4. The van der Waals surface area contributed by atoms with E-state index in [1.54, 1.807) is 6.33 Å². The van der Waals surface area contributed by atoms with Crippen molar-refractivity contribution in [3.63, 3.8) is 0 Å². The number of piperidine rings is 1. The zero-order chi connectivity index (χ0) is 14.5. The number of aromatic nitrogens is 2. The van der Waals surface area contributed by atoms with Crippen molar-refractivity contribution in [2.24, 2.45) is 5.41 Å². The topological polar surface area (TPSA) is 41.0 Å². The molecule has 1 aromatic rings. The fourth-order valence-electron chi connectivity index (χ4n) is 3.88. The molecule has 1 aliphatic carbocycles. The summed E-state index contributed by atoms with van der Waals surface area (Å²) < 4.78 is 0. The number of rotatable bonds is 4. The number of nitrogens with one attached hydrogen (secondary N) is 1. The van der Waals surface area contributed by atoms with Crippen LogP contribution in [0.5, 0.6) is 0 Å². The van der Waals surface area contributed by atoms with Gasteiger partial charge in [-0.25, -0.2) is 9.97 Å². The van der Waals surface area contributed by atoms with Gasteiger partial charge in [-0.2, -0.15) is 0 Å². The van der Waals surface area contributed by atoms with Gasteiger partial charge in [-0.05, 0) is 37.5 Å². The van der Waals surface area contributed by atoms with Gasteiger partial charge in [-0.3, -0.25) is 0 Å². The third-order valence-corrected chi connectivity index (χ3v) is 5.27. The number of hydrogen-bond donors (Lipinski definition) is 1. The fraction of sp³-hybridized carbons (Fsp3) is 0.765. The lowest BCUT2D eigenvalue weighted by Crippen LogP contribution is -2.41. The highest BCUT2D eigenvalue weighted by atomic mass is 15.2. The number of nitrogens with zero attached hydrogens (tertiary/aromatic N) is 3. The maximum absolute atomic E-state index is 4.48. The van der Waals surface area contributed by atoms with Gasteiger partial charge in [0.1, 0.15) is 18.0 Å². The van der Waals surface area contributed by atoms with Crippen LogP contribution in [0.2, 0.25) is 0 Å². The largest absolute Gasteiger partial charge is 0.370 e. The molecule has 0 atom stereocenters. The molecule has 1 aromatic heterocycles. The first-order valence-corrected chi connectivity index (χ1v) is 8.62. The molecule has 1 aliphatic heterocycles. The smallest absolute Gasteiger partial charge is 0.134 e. The van der Waals surface area contributed by atoms with E-state index in [0.717, 1.165) is 37.7 Å². The van der Waals surface area contributed by atoms with Gasteiger partial charge < -0.3 is 10.2 Å². The second kappa shape index (κ2) is 6.63. The highest BCUT2D eigenvalue weighted by Gasteiger charge is 2.35. The zero-order valence-electron chi connectivity index (χ0n) is 13.3. The Balaban J connectivity index is 1.61. The van der Waals surface area contributed by atoms with Crippen LogP contribution < -0.4 is 10.2 Å². The SMILES string of the molecule is CCCNc1cc(N2CCC3(CCCCC3)CC2)ncn1. The molecule has 0 radical (unpaired) electrons. The summed E-state index contributed by atoms with van der Waals surface area (Å²) in [6, 6.07) is 2.11. The van der Waals surface area contributed by atoms with Crippen molar-refractivity contribution >= 4 is 11.6 Å². The molecule has 1 saturated carbocycles. The van der Waals surface area contributed by atoms with Crippen molar-refractivity contribution in [3.8, 4) is 0 Å². The van der Waals surface area contributed by atoms with E-state index in [4.69, 9.17) is 0 Å². The lowest BCUT2D eigenvalue weighted by atomic mass is 9.68. The van der Waals surface area contributed by atoms with Crippen LogP contribution in [0, 0.1) is 5.41 Å². The maximum Gasteiger partial charge on any atom is 0.134 e. The molecule has 1 N–H and O–H groups in total. The minimum atomic E-state index is 0.658. The molecule has 0 bridgehead atoms. The molecule has 1 spiro atoms. The average molecular weight is 288 g/mol. The number of anilines is 2. The van der Waals surface area contributed by atoms with Gasteiger partial charge in [0.15, 0.2) is 0 Å². The third-order valence-electron chi connectivity index (χ3n) is 5.27. The Morgan fingerprint density at radius 3 is 2.57 bits per heavy atom. The lowest BCUT2D eigenvalue weighted by Gasteiger charge is -2.44. The second-order valence-electron chi connectivity index (χ2n) is 6.74. The van der Waals surface area contributed by atoms with Crippen LogP contribution in [0.15, 0.2) is 12.4 Å². The molecular weight excluding hydrogens is 260 g/mol. The summed E-state index contributed by atoms with van der Waals surface area (Å²) in [6.45, 7) is 5.46. The molecular formula is C17H28N4. The van der Waals surface area contributed by atoms with Crippen molar-refractivity contribution in [1.82, 2.24) is 9.97 Å². The Bertz CT molecular complexity index is 444.